The second-order valence-electron chi connectivity index (χ2n) is 6.85. The highest BCUT2D eigenvalue weighted by Gasteiger charge is 2.34. The molecule has 0 saturated carbocycles. The normalized spacial score (nSPS) is 16.1. The van der Waals surface area contributed by atoms with Gasteiger partial charge < -0.3 is 10.5 Å². The lowest BCUT2D eigenvalue weighted by atomic mass is 10.1. The maximum Gasteiger partial charge on any atom is 0.283 e. The van der Waals surface area contributed by atoms with Crippen molar-refractivity contribution in [1.29, 1.82) is 0 Å². The molecule has 0 aromatic heterocycles. The first-order valence-electron chi connectivity index (χ1n) is 9.11. The van der Waals surface area contributed by atoms with E-state index in [0.717, 1.165) is 22.4 Å². The van der Waals surface area contributed by atoms with Gasteiger partial charge in [-0.05, 0) is 67.8 Å². The van der Waals surface area contributed by atoms with Crippen LogP contribution in [0.1, 0.15) is 23.6 Å². The predicted molar refractivity (Wildman–Crippen MR) is 118 cm³/mol. The van der Waals surface area contributed by atoms with E-state index in [9.17, 15) is 9.59 Å². The number of aryl methyl sites for hydroxylation is 2. The Kier molecular flexibility index (Phi) is 6.08. The molecule has 2 aromatic rings. The van der Waals surface area contributed by atoms with E-state index in [2.05, 4.69) is 4.99 Å². The van der Waals surface area contributed by atoms with Gasteiger partial charge in [0.2, 0.25) is 5.91 Å². The topological polar surface area (TPSA) is 85.0 Å². The summed E-state index contributed by atoms with van der Waals surface area (Å²) in [5, 5.41) is -0.0821. The van der Waals surface area contributed by atoms with Crippen LogP contribution in [0.4, 0.5) is 5.69 Å². The molecular formula is C22H23N3O3S. The molecule has 2 amide bonds. The number of amidine groups is 1. The minimum absolute atomic E-state index is 0.245. The molecule has 1 atom stereocenters. The van der Waals surface area contributed by atoms with Gasteiger partial charge in [-0.25, -0.2) is 4.99 Å². The number of benzene rings is 2. The summed E-state index contributed by atoms with van der Waals surface area (Å²) in [5.41, 5.74) is 9.33. The Balaban J connectivity index is 2.02. The molecule has 150 valence electrons. The molecule has 6 nitrogen and oxygen atoms in total. The third kappa shape index (κ3) is 4.68. The first-order valence-corrected chi connectivity index (χ1v) is 9.99. The number of hydrogen-bond donors (Lipinski definition) is 1. The maximum atomic E-state index is 13.2. The van der Waals surface area contributed by atoms with Crippen molar-refractivity contribution in [2.75, 3.05) is 12.0 Å². The molecule has 3 rings (SSSR count). The first kappa shape index (κ1) is 20.7. The number of thioether (sulfide) groups is 1. The van der Waals surface area contributed by atoms with E-state index in [1.165, 1.54) is 11.8 Å². The average molecular weight is 410 g/mol. The van der Waals surface area contributed by atoms with Crippen molar-refractivity contribution < 1.29 is 14.3 Å². The highest BCUT2D eigenvalue weighted by Crippen LogP contribution is 2.32. The number of hydrogen-bond acceptors (Lipinski definition) is 5. The SMILES string of the molecule is COc1ccc(/C=C2/N=C(SC(C)C(N)=O)N(c3cc(C)cc(C)c3)C2=O)cc1. The molecule has 1 unspecified atom stereocenters. The Morgan fingerprint density at radius 2 is 1.79 bits per heavy atom. The largest absolute Gasteiger partial charge is 0.497 e. The van der Waals surface area contributed by atoms with Crippen molar-refractivity contribution in [3.63, 3.8) is 0 Å². The molecular weight excluding hydrogens is 386 g/mol. The molecule has 0 spiro atoms. The summed E-state index contributed by atoms with van der Waals surface area (Å²) in [7, 11) is 1.60. The minimum atomic E-state index is -0.518. The number of aliphatic imine (C=N–C) groups is 1. The summed E-state index contributed by atoms with van der Waals surface area (Å²) in [6.45, 7) is 5.65. The van der Waals surface area contributed by atoms with E-state index in [-0.39, 0.29) is 5.91 Å². The molecule has 2 N–H and O–H groups in total. The molecule has 29 heavy (non-hydrogen) atoms. The Morgan fingerprint density at radius 1 is 1.17 bits per heavy atom. The summed E-state index contributed by atoms with van der Waals surface area (Å²) < 4.78 is 5.17. The molecule has 0 saturated heterocycles. The highest BCUT2D eigenvalue weighted by molar-refractivity contribution is 8.15. The lowest BCUT2D eigenvalue weighted by molar-refractivity contribution is -0.117. The van der Waals surface area contributed by atoms with Crippen LogP contribution in [0.5, 0.6) is 5.75 Å². The fraction of sp³-hybridized carbons (Fsp3) is 0.227. The van der Waals surface area contributed by atoms with Gasteiger partial charge in [0.25, 0.3) is 5.91 Å². The van der Waals surface area contributed by atoms with Crippen LogP contribution in [0.3, 0.4) is 0 Å². The van der Waals surface area contributed by atoms with Crippen molar-refractivity contribution in [3.05, 3.63) is 64.9 Å². The smallest absolute Gasteiger partial charge is 0.283 e. The van der Waals surface area contributed by atoms with Crippen LogP contribution in [0.15, 0.2) is 53.2 Å². The second-order valence-corrected chi connectivity index (χ2v) is 8.15. The number of rotatable bonds is 5. The number of anilines is 1. The molecule has 0 bridgehead atoms. The van der Waals surface area contributed by atoms with Gasteiger partial charge in [0.05, 0.1) is 18.0 Å². The van der Waals surface area contributed by atoms with Gasteiger partial charge in [-0.1, -0.05) is 30.0 Å². The Labute approximate surface area is 174 Å². The van der Waals surface area contributed by atoms with E-state index < -0.39 is 11.2 Å². The van der Waals surface area contributed by atoms with Gasteiger partial charge >= 0.3 is 0 Å². The summed E-state index contributed by atoms with van der Waals surface area (Å²) >= 11 is 1.17. The standard InChI is InChI=1S/C22H23N3O3S/c1-13-9-14(2)11-17(10-13)25-21(27)19(24-22(25)29-15(3)20(23)26)12-16-5-7-18(28-4)8-6-16/h5-12,15H,1-4H3,(H2,23,26)/b19-12+. The van der Waals surface area contributed by atoms with Crippen LogP contribution in [0, 0.1) is 13.8 Å². The average Bonchev–Trinajstić information content (AvgIpc) is 2.96. The number of amides is 2. The van der Waals surface area contributed by atoms with Gasteiger partial charge in [0.1, 0.15) is 11.4 Å². The van der Waals surface area contributed by atoms with Crippen LogP contribution in [-0.2, 0) is 9.59 Å². The van der Waals surface area contributed by atoms with Crippen LogP contribution in [-0.4, -0.2) is 29.3 Å². The van der Waals surface area contributed by atoms with Gasteiger partial charge in [-0.3, -0.25) is 14.5 Å². The van der Waals surface area contributed by atoms with Crippen LogP contribution >= 0.6 is 11.8 Å². The van der Waals surface area contributed by atoms with Gasteiger partial charge in [-0.2, -0.15) is 0 Å². The van der Waals surface area contributed by atoms with Crippen molar-refractivity contribution in [2.24, 2.45) is 10.7 Å². The number of methoxy groups -OCH3 is 1. The Morgan fingerprint density at radius 3 is 2.34 bits per heavy atom. The van der Waals surface area contributed by atoms with E-state index in [0.29, 0.717) is 16.6 Å². The van der Waals surface area contributed by atoms with Crippen LogP contribution in [0.25, 0.3) is 6.08 Å². The van der Waals surface area contributed by atoms with E-state index in [1.54, 1.807) is 25.0 Å². The summed E-state index contributed by atoms with van der Waals surface area (Å²) in [5.74, 6) is 0.0277. The summed E-state index contributed by atoms with van der Waals surface area (Å²) in [4.78, 5) is 30.8. The minimum Gasteiger partial charge on any atom is -0.497 e. The zero-order chi connectivity index (χ0) is 21.1. The monoisotopic (exact) mass is 409 g/mol. The van der Waals surface area contributed by atoms with Crippen LogP contribution < -0.4 is 15.4 Å². The second kappa shape index (κ2) is 8.53. The van der Waals surface area contributed by atoms with Gasteiger partial charge in [0.15, 0.2) is 5.17 Å². The number of carbonyl (C=O) groups is 2. The third-order valence-electron chi connectivity index (χ3n) is 4.40. The molecule has 2 aromatic carbocycles. The molecule has 0 radical (unpaired) electrons. The highest BCUT2D eigenvalue weighted by atomic mass is 32.2. The lowest BCUT2D eigenvalue weighted by Crippen LogP contribution is -2.33. The first-order chi connectivity index (χ1) is 13.8. The molecule has 1 aliphatic heterocycles. The Bertz CT molecular complexity index is 992. The lowest BCUT2D eigenvalue weighted by Gasteiger charge is -2.20. The van der Waals surface area contributed by atoms with E-state index >= 15 is 0 Å². The van der Waals surface area contributed by atoms with E-state index in [4.69, 9.17) is 10.5 Å². The molecule has 0 fully saturated rings. The quantitative estimate of drug-likeness (QED) is 0.764. The Hall–Kier alpha value is -3.06. The van der Waals surface area contributed by atoms with Crippen LogP contribution in [0.2, 0.25) is 0 Å². The zero-order valence-corrected chi connectivity index (χ0v) is 17.6. The number of nitrogens with zero attached hydrogens (tertiary/aromatic N) is 2. The number of nitrogens with two attached hydrogens (primary N) is 1. The molecule has 1 aliphatic rings. The molecule has 7 heteroatoms. The zero-order valence-electron chi connectivity index (χ0n) is 16.8. The molecule has 0 aliphatic carbocycles. The van der Waals surface area contributed by atoms with E-state index in [1.807, 2.05) is 56.3 Å². The predicted octanol–water partition coefficient (Wildman–Crippen LogP) is 3.66. The number of carbonyl (C=O) groups excluding carboxylic acids is 2. The van der Waals surface area contributed by atoms with Gasteiger partial charge in [-0.15, -0.1) is 0 Å². The molecule has 1 heterocycles. The third-order valence-corrected chi connectivity index (χ3v) is 5.47. The fourth-order valence-electron chi connectivity index (χ4n) is 2.96. The van der Waals surface area contributed by atoms with Crippen molar-refractivity contribution in [2.45, 2.75) is 26.0 Å². The van der Waals surface area contributed by atoms with Crippen molar-refractivity contribution in [3.8, 4) is 5.75 Å². The van der Waals surface area contributed by atoms with Crippen molar-refractivity contribution in [1.82, 2.24) is 0 Å². The number of ether oxygens (including phenoxy) is 1. The fourth-order valence-corrected chi connectivity index (χ4v) is 3.83. The summed E-state index contributed by atoms with van der Waals surface area (Å²) in [6, 6.07) is 13.2. The van der Waals surface area contributed by atoms with Crippen molar-refractivity contribution >= 4 is 40.5 Å². The number of primary amides is 1. The summed E-state index contributed by atoms with van der Waals surface area (Å²) in [6.07, 6.45) is 1.72. The maximum absolute atomic E-state index is 13.2. The van der Waals surface area contributed by atoms with Gasteiger partial charge in [0, 0.05) is 0 Å².